The zero-order chi connectivity index (χ0) is 44.1. The second-order valence-corrected chi connectivity index (χ2v) is 17.5. The van der Waals surface area contributed by atoms with Crippen LogP contribution in [-0.2, 0) is 38.7 Å². The van der Waals surface area contributed by atoms with E-state index in [0.717, 1.165) is 57.8 Å². The number of carbonyl (C=O) groups excluding carboxylic acids is 2. The van der Waals surface area contributed by atoms with Crippen molar-refractivity contribution >= 4 is 22.1 Å². The number of unbranched alkanes of at least 4 members (excludes halogenated alkanes) is 18. The summed E-state index contributed by atoms with van der Waals surface area (Å²) >= 11 is 0. The first kappa shape index (κ1) is 55.6. The molecule has 0 aromatic heterocycles. The summed E-state index contributed by atoms with van der Waals surface area (Å²) in [6.07, 6.45) is 34.5. The van der Waals surface area contributed by atoms with E-state index in [4.69, 9.17) is 18.9 Å². The van der Waals surface area contributed by atoms with Gasteiger partial charge in [0.05, 0.1) is 6.61 Å². The van der Waals surface area contributed by atoms with Crippen LogP contribution in [-0.4, -0.2) is 96.0 Å². The lowest BCUT2D eigenvalue weighted by Gasteiger charge is -2.40. The van der Waals surface area contributed by atoms with Crippen molar-refractivity contribution in [1.29, 1.82) is 0 Å². The summed E-state index contributed by atoms with van der Waals surface area (Å²) in [6.45, 7) is 3.62. The van der Waals surface area contributed by atoms with Crippen LogP contribution in [0.3, 0.4) is 0 Å². The van der Waals surface area contributed by atoms with E-state index in [1.807, 2.05) is 0 Å². The molecule has 1 fully saturated rings. The number of aliphatic hydroxyl groups excluding tert-OH is 3. The molecule has 6 atom stereocenters. The van der Waals surface area contributed by atoms with Gasteiger partial charge < -0.3 is 34.3 Å². The van der Waals surface area contributed by atoms with Crippen LogP contribution >= 0.6 is 0 Å². The molecule has 1 aliphatic rings. The van der Waals surface area contributed by atoms with Crippen LogP contribution in [0.15, 0.2) is 48.6 Å². The Kier molecular flexibility index (Phi) is 34.5. The van der Waals surface area contributed by atoms with Crippen LogP contribution in [0.4, 0.5) is 0 Å². The fourth-order valence-electron chi connectivity index (χ4n) is 6.84. The zero-order valence-corrected chi connectivity index (χ0v) is 37.9. The lowest BCUT2D eigenvalue weighted by atomic mass is 10.00. The number of carbonyl (C=O) groups is 2. The van der Waals surface area contributed by atoms with Gasteiger partial charge in [-0.15, -0.1) is 0 Å². The lowest BCUT2D eigenvalue weighted by molar-refractivity contribution is -0.297. The molecule has 12 nitrogen and oxygen atoms in total. The summed E-state index contributed by atoms with van der Waals surface area (Å²) in [5, 5.41) is 30.9. The monoisotopic (exact) mass is 871 g/mol. The molecule has 0 spiro atoms. The van der Waals surface area contributed by atoms with Gasteiger partial charge in [-0.25, -0.2) is 0 Å². The summed E-state index contributed by atoms with van der Waals surface area (Å²) in [5.74, 6) is -2.04. The van der Waals surface area contributed by atoms with Gasteiger partial charge in [-0.2, -0.15) is 8.42 Å². The third kappa shape index (κ3) is 31.5. The standard InChI is InChI=1S/C47H82O12S/c1-3-5-7-9-11-13-15-17-19-20-22-23-25-27-29-31-33-35-42(48)56-37-40(38-57-47-46(52)45(51)44(50)41(59-47)39-60(53,54)55)58-43(49)36-34-32-30-28-26-24-21-18-16-14-12-10-8-6-4-2/h6,8,12,14,18,21,26,28,40-41,44-47,50-52H,3-5,7,9-11,13,15-17,19-20,22-25,27,29-39H2,1-2H3,(H,53,54,55)/b8-6+,14-12+,21-18+,28-26+/t40-,41-,44-,45?,46?,47+/m1/s1. The van der Waals surface area contributed by atoms with Crippen molar-refractivity contribution < 1.29 is 56.8 Å². The van der Waals surface area contributed by atoms with Crippen molar-refractivity contribution in [2.45, 2.75) is 218 Å². The van der Waals surface area contributed by atoms with Gasteiger partial charge in [0.2, 0.25) is 0 Å². The van der Waals surface area contributed by atoms with Crippen molar-refractivity contribution in [3.63, 3.8) is 0 Å². The zero-order valence-electron chi connectivity index (χ0n) is 37.1. The summed E-state index contributed by atoms with van der Waals surface area (Å²) < 4.78 is 54.0. The molecule has 1 aliphatic heterocycles. The number of aliphatic hydroxyl groups is 3. The van der Waals surface area contributed by atoms with Crippen molar-refractivity contribution in [3.05, 3.63) is 48.6 Å². The van der Waals surface area contributed by atoms with Gasteiger partial charge in [0.15, 0.2) is 12.4 Å². The van der Waals surface area contributed by atoms with Crippen LogP contribution in [0.2, 0.25) is 0 Å². The fourth-order valence-corrected chi connectivity index (χ4v) is 7.53. The Labute approximate surface area is 363 Å². The van der Waals surface area contributed by atoms with E-state index in [9.17, 15) is 37.9 Å². The molecule has 13 heteroatoms. The number of hydrogen-bond acceptors (Lipinski definition) is 11. The Morgan fingerprint density at radius 3 is 1.57 bits per heavy atom. The number of hydrogen-bond donors (Lipinski definition) is 4. The van der Waals surface area contributed by atoms with Crippen LogP contribution in [0, 0.1) is 0 Å². The normalized spacial score (nSPS) is 20.5. The molecule has 4 N–H and O–H groups in total. The molecule has 0 radical (unpaired) electrons. The highest BCUT2D eigenvalue weighted by Crippen LogP contribution is 2.24. The Morgan fingerprint density at radius 1 is 0.583 bits per heavy atom. The van der Waals surface area contributed by atoms with Crippen molar-refractivity contribution in [2.24, 2.45) is 0 Å². The average Bonchev–Trinajstić information content (AvgIpc) is 3.21. The molecule has 348 valence electrons. The third-order valence-electron chi connectivity index (χ3n) is 10.4. The van der Waals surface area contributed by atoms with Gasteiger partial charge >= 0.3 is 11.9 Å². The minimum Gasteiger partial charge on any atom is -0.462 e. The predicted octanol–water partition coefficient (Wildman–Crippen LogP) is 9.56. The number of esters is 2. The molecule has 2 unspecified atom stereocenters. The lowest BCUT2D eigenvalue weighted by Crippen LogP contribution is -2.60. The first-order chi connectivity index (χ1) is 29.0. The van der Waals surface area contributed by atoms with Gasteiger partial charge in [0.25, 0.3) is 10.1 Å². The van der Waals surface area contributed by atoms with E-state index in [0.29, 0.717) is 12.8 Å². The largest absolute Gasteiger partial charge is 0.462 e. The van der Waals surface area contributed by atoms with E-state index >= 15 is 0 Å². The number of ether oxygens (including phenoxy) is 4. The van der Waals surface area contributed by atoms with E-state index < -0.39 is 71.2 Å². The maximum atomic E-state index is 12.8. The minimum atomic E-state index is -4.61. The Morgan fingerprint density at radius 2 is 1.05 bits per heavy atom. The second-order valence-electron chi connectivity index (χ2n) is 16.0. The third-order valence-corrected chi connectivity index (χ3v) is 11.2. The van der Waals surface area contributed by atoms with Crippen molar-refractivity contribution in [2.75, 3.05) is 19.0 Å². The first-order valence-corrected chi connectivity index (χ1v) is 24.8. The fraction of sp³-hybridized carbons (Fsp3) is 0.787. The van der Waals surface area contributed by atoms with E-state index in [1.165, 1.54) is 83.5 Å². The van der Waals surface area contributed by atoms with E-state index in [1.54, 1.807) is 0 Å². The summed E-state index contributed by atoms with van der Waals surface area (Å²) in [5.41, 5.74) is 0. The summed E-state index contributed by atoms with van der Waals surface area (Å²) in [6, 6.07) is 0. The smallest absolute Gasteiger partial charge is 0.306 e. The molecule has 1 heterocycles. The second kappa shape index (κ2) is 37.2. The molecular weight excluding hydrogens is 789 g/mol. The highest BCUT2D eigenvalue weighted by Gasteiger charge is 2.46. The van der Waals surface area contributed by atoms with Crippen LogP contribution in [0.5, 0.6) is 0 Å². The minimum absolute atomic E-state index is 0.112. The average molecular weight is 871 g/mol. The van der Waals surface area contributed by atoms with Gasteiger partial charge in [0.1, 0.15) is 36.8 Å². The summed E-state index contributed by atoms with van der Waals surface area (Å²) in [7, 11) is -4.61. The molecule has 0 aromatic carbocycles. The Balaban J connectivity index is 2.45. The molecular formula is C47H82O12S. The van der Waals surface area contributed by atoms with E-state index in [-0.39, 0.29) is 19.4 Å². The Hall–Kier alpha value is -2.39. The molecule has 1 saturated heterocycles. The van der Waals surface area contributed by atoms with Crippen molar-refractivity contribution in [1.82, 2.24) is 0 Å². The molecule has 0 saturated carbocycles. The van der Waals surface area contributed by atoms with Gasteiger partial charge in [0, 0.05) is 12.8 Å². The van der Waals surface area contributed by atoms with Gasteiger partial charge in [-0.1, -0.05) is 165 Å². The van der Waals surface area contributed by atoms with Gasteiger partial charge in [-0.05, 0) is 51.4 Å². The number of allylic oxidation sites excluding steroid dienone is 8. The van der Waals surface area contributed by atoms with Gasteiger partial charge in [-0.3, -0.25) is 14.1 Å². The maximum absolute atomic E-state index is 12.8. The molecule has 0 bridgehead atoms. The number of rotatable bonds is 38. The van der Waals surface area contributed by atoms with Crippen LogP contribution in [0.25, 0.3) is 0 Å². The predicted molar refractivity (Wildman–Crippen MR) is 238 cm³/mol. The maximum Gasteiger partial charge on any atom is 0.306 e. The molecule has 0 aliphatic carbocycles. The SMILES string of the molecule is CC/C=C/C/C=C/C/C=C/C/C=C/CCCCC(=O)O[C@H](COC(=O)CCCCCCCCCCCCCCCCCCC)CO[C@H]1O[C@H](CS(=O)(=O)O)[C@@H](O)C(O)C1O. The molecule has 60 heavy (non-hydrogen) atoms. The van der Waals surface area contributed by atoms with E-state index in [2.05, 4.69) is 62.5 Å². The van der Waals surface area contributed by atoms with Crippen LogP contribution in [0.1, 0.15) is 181 Å². The topological polar surface area (TPSA) is 186 Å². The molecule has 1 rings (SSSR count). The summed E-state index contributed by atoms with van der Waals surface area (Å²) in [4.78, 5) is 25.4. The first-order valence-electron chi connectivity index (χ1n) is 23.2. The highest BCUT2D eigenvalue weighted by molar-refractivity contribution is 7.85. The van der Waals surface area contributed by atoms with Crippen molar-refractivity contribution in [3.8, 4) is 0 Å². The molecule has 0 amide bonds. The van der Waals surface area contributed by atoms with Crippen LogP contribution < -0.4 is 0 Å². The molecule has 0 aromatic rings. The Bertz CT molecular complexity index is 1300. The highest BCUT2D eigenvalue weighted by atomic mass is 32.2. The quantitative estimate of drug-likeness (QED) is 0.0200.